The average molecular weight is 597 g/mol. The largest absolute Gasteiger partial charge is 0.444 e. The summed E-state index contributed by atoms with van der Waals surface area (Å²) in [6.45, 7) is 10.9. The lowest BCUT2D eigenvalue weighted by Crippen LogP contribution is -2.51. The number of ether oxygens (including phenoxy) is 2. The maximum atomic E-state index is 15.2. The number of carbonyl (C=O) groups excluding carboxylic acids is 3. The standard InChI is InChI=1S/C25H37FN8O6S/c1-24(2,3)39-22(37)32-21-31-20(33-41-21)30-16(8-12-35)29-19(36)14-7-9-28-18(26)17(14)15-13-27-10-11-34(15)23(38)40-25(4,5)6/h7,9,15-16,27,35H,8,10-13H2,1-6H3,(H,29,36)(H2,30,31,32,33,37). The fourth-order valence-corrected chi connectivity index (χ4v) is 4.41. The number of nitrogens with zero attached hydrogens (tertiary/aromatic N) is 4. The van der Waals surface area contributed by atoms with Crippen LogP contribution in [0.5, 0.6) is 0 Å². The Morgan fingerprint density at radius 1 is 1.22 bits per heavy atom. The van der Waals surface area contributed by atoms with Crippen molar-refractivity contribution in [1.29, 1.82) is 0 Å². The summed E-state index contributed by atoms with van der Waals surface area (Å²) in [6.07, 6.45) is -0.994. The van der Waals surface area contributed by atoms with E-state index in [1.807, 2.05) is 0 Å². The number of anilines is 2. The molecule has 1 aliphatic rings. The normalized spacial score (nSPS) is 16.5. The molecule has 3 heterocycles. The summed E-state index contributed by atoms with van der Waals surface area (Å²) in [6, 6.07) is 0.495. The molecule has 226 valence electrons. The van der Waals surface area contributed by atoms with E-state index >= 15 is 4.39 Å². The van der Waals surface area contributed by atoms with Crippen molar-refractivity contribution in [3.63, 3.8) is 0 Å². The van der Waals surface area contributed by atoms with Crippen molar-refractivity contribution in [2.24, 2.45) is 0 Å². The Bertz CT molecular complexity index is 1230. The average Bonchev–Trinajstić information content (AvgIpc) is 3.28. The second-order valence-corrected chi connectivity index (χ2v) is 11.9. The molecular weight excluding hydrogens is 559 g/mol. The van der Waals surface area contributed by atoms with Gasteiger partial charge in [0, 0.05) is 56.0 Å². The van der Waals surface area contributed by atoms with Gasteiger partial charge in [-0.3, -0.25) is 15.0 Å². The molecule has 2 unspecified atom stereocenters. The number of aliphatic hydroxyl groups is 1. The quantitative estimate of drug-likeness (QED) is 0.223. The van der Waals surface area contributed by atoms with Crippen LogP contribution in [0.4, 0.5) is 25.1 Å². The maximum absolute atomic E-state index is 15.2. The van der Waals surface area contributed by atoms with Crippen molar-refractivity contribution in [3.05, 3.63) is 29.3 Å². The molecule has 0 aliphatic carbocycles. The topological polar surface area (TPSA) is 180 Å². The highest BCUT2D eigenvalue weighted by atomic mass is 32.1. The van der Waals surface area contributed by atoms with Crippen LogP contribution in [0.15, 0.2) is 12.3 Å². The second kappa shape index (κ2) is 13.4. The molecule has 3 amide bonds. The number of halogens is 1. The molecule has 14 nitrogen and oxygen atoms in total. The van der Waals surface area contributed by atoms with Crippen molar-refractivity contribution in [2.45, 2.75) is 71.4 Å². The van der Waals surface area contributed by atoms with Gasteiger partial charge in [0.2, 0.25) is 17.0 Å². The number of aromatic nitrogens is 3. The zero-order chi connectivity index (χ0) is 30.4. The highest BCUT2D eigenvalue weighted by Gasteiger charge is 2.36. The summed E-state index contributed by atoms with van der Waals surface area (Å²) in [5.74, 6) is -1.50. The third kappa shape index (κ3) is 9.47. The van der Waals surface area contributed by atoms with Gasteiger partial charge in [-0.25, -0.2) is 14.6 Å². The van der Waals surface area contributed by atoms with E-state index in [9.17, 15) is 19.5 Å². The molecule has 0 saturated carbocycles. The zero-order valence-electron chi connectivity index (χ0n) is 23.9. The van der Waals surface area contributed by atoms with Crippen molar-refractivity contribution in [1.82, 2.24) is 29.9 Å². The Hall–Kier alpha value is -3.63. The van der Waals surface area contributed by atoms with Crippen LogP contribution in [0, 0.1) is 5.95 Å². The number of pyridine rings is 1. The first-order valence-electron chi connectivity index (χ1n) is 13.0. The van der Waals surface area contributed by atoms with Gasteiger partial charge >= 0.3 is 12.2 Å². The molecule has 0 radical (unpaired) electrons. The summed E-state index contributed by atoms with van der Waals surface area (Å²) in [4.78, 5) is 47.6. The molecule has 0 spiro atoms. The van der Waals surface area contributed by atoms with Crippen LogP contribution in [0.1, 0.15) is 69.9 Å². The van der Waals surface area contributed by atoms with E-state index in [-0.39, 0.29) is 48.3 Å². The summed E-state index contributed by atoms with van der Waals surface area (Å²) in [5, 5.41) is 20.9. The number of nitrogens with one attached hydrogen (secondary N) is 4. The van der Waals surface area contributed by atoms with Gasteiger partial charge < -0.3 is 30.5 Å². The van der Waals surface area contributed by atoms with E-state index < -0.39 is 47.5 Å². The predicted molar refractivity (Wildman–Crippen MR) is 149 cm³/mol. The van der Waals surface area contributed by atoms with Gasteiger partial charge in [0.05, 0.1) is 11.6 Å². The molecule has 0 bridgehead atoms. The van der Waals surface area contributed by atoms with Crippen molar-refractivity contribution < 1.29 is 33.4 Å². The third-order valence-electron chi connectivity index (χ3n) is 5.45. The summed E-state index contributed by atoms with van der Waals surface area (Å²) >= 11 is 0.884. The first-order valence-corrected chi connectivity index (χ1v) is 13.8. The highest BCUT2D eigenvalue weighted by Crippen LogP contribution is 2.29. The molecule has 0 aromatic carbocycles. The molecule has 1 aliphatic heterocycles. The van der Waals surface area contributed by atoms with Crippen LogP contribution in [-0.2, 0) is 9.47 Å². The molecule has 16 heteroatoms. The third-order valence-corrected chi connectivity index (χ3v) is 6.08. The molecule has 1 saturated heterocycles. The molecule has 1 fully saturated rings. The first kappa shape index (κ1) is 31.9. The molecule has 3 rings (SSSR count). The minimum absolute atomic E-state index is 0.0389. The first-order chi connectivity index (χ1) is 19.2. The molecule has 41 heavy (non-hydrogen) atoms. The SMILES string of the molecule is CC(C)(C)OC(=O)Nc1nc(NC(CCO)NC(=O)c2ccnc(F)c2C2CNCCN2C(=O)OC(C)(C)C)ns1. The van der Waals surface area contributed by atoms with Crippen LogP contribution in [0.2, 0.25) is 0 Å². The van der Waals surface area contributed by atoms with Crippen LogP contribution < -0.4 is 21.3 Å². The Kier molecular flexibility index (Phi) is 10.4. The van der Waals surface area contributed by atoms with Gasteiger partial charge in [-0.05, 0) is 47.6 Å². The fourth-order valence-electron chi connectivity index (χ4n) is 3.89. The number of amides is 3. The van der Waals surface area contributed by atoms with E-state index in [0.717, 1.165) is 17.7 Å². The van der Waals surface area contributed by atoms with E-state index in [0.29, 0.717) is 6.54 Å². The van der Waals surface area contributed by atoms with Crippen molar-refractivity contribution in [2.75, 3.05) is 36.9 Å². The Balaban J connectivity index is 1.78. The number of aliphatic hydroxyl groups excluding tert-OH is 1. The van der Waals surface area contributed by atoms with Crippen LogP contribution in [-0.4, -0.2) is 86.1 Å². The van der Waals surface area contributed by atoms with E-state index in [1.54, 1.807) is 41.5 Å². The van der Waals surface area contributed by atoms with Crippen LogP contribution in [0.25, 0.3) is 0 Å². The highest BCUT2D eigenvalue weighted by molar-refractivity contribution is 7.10. The minimum Gasteiger partial charge on any atom is -0.444 e. The second-order valence-electron chi connectivity index (χ2n) is 11.2. The molecule has 2 aromatic heterocycles. The van der Waals surface area contributed by atoms with Gasteiger partial charge in [0.1, 0.15) is 17.4 Å². The summed E-state index contributed by atoms with van der Waals surface area (Å²) in [5.41, 5.74) is -1.57. The van der Waals surface area contributed by atoms with Crippen LogP contribution in [0.3, 0.4) is 0 Å². The molecular formula is C25H37FN8O6S. The van der Waals surface area contributed by atoms with Gasteiger partial charge in [0.15, 0.2) is 0 Å². The fraction of sp³-hybridized carbons (Fsp3) is 0.600. The summed E-state index contributed by atoms with van der Waals surface area (Å²) < 4.78 is 30.0. The lowest BCUT2D eigenvalue weighted by Gasteiger charge is -2.37. The van der Waals surface area contributed by atoms with Crippen molar-refractivity contribution in [3.8, 4) is 0 Å². The lowest BCUT2D eigenvalue weighted by atomic mass is 9.98. The van der Waals surface area contributed by atoms with Gasteiger partial charge in [-0.15, -0.1) is 0 Å². The maximum Gasteiger partial charge on any atom is 0.414 e. The Morgan fingerprint density at radius 2 is 1.93 bits per heavy atom. The molecule has 2 aromatic rings. The van der Waals surface area contributed by atoms with Crippen molar-refractivity contribution >= 4 is 40.7 Å². The number of hydrogen-bond donors (Lipinski definition) is 5. The monoisotopic (exact) mass is 596 g/mol. The van der Waals surface area contributed by atoms with Gasteiger partial charge in [0.25, 0.3) is 5.91 Å². The Labute approximate surface area is 241 Å². The summed E-state index contributed by atoms with van der Waals surface area (Å²) in [7, 11) is 0. The number of rotatable bonds is 8. The van der Waals surface area contributed by atoms with E-state index in [4.69, 9.17) is 9.47 Å². The minimum atomic E-state index is -0.898. The van der Waals surface area contributed by atoms with Gasteiger partial charge in [-0.2, -0.15) is 13.7 Å². The number of hydrogen-bond acceptors (Lipinski definition) is 12. The number of piperazine rings is 1. The number of carbonyl (C=O) groups is 3. The van der Waals surface area contributed by atoms with E-state index in [2.05, 4.69) is 35.6 Å². The predicted octanol–water partition coefficient (Wildman–Crippen LogP) is 2.85. The van der Waals surface area contributed by atoms with Gasteiger partial charge in [-0.1, -0.05) is 0 Å². The molecule has 5 N–H and O–H groups in total. The van der Waals surface area contributed by atoms with E-state index in [1.165, 1.54) is 11.0 Å². The Morgan fingerprint density at radius 3 is 2.59 bits per heavy atom. The smallest absolute Gasteiger partial charge is 0.414 e. The zero-order valence-corrected chi connectivity index (χ0v) is 24.7. The molecule has 2 atom stereocenters. The van der Waals surface area contributed by atoms with Crippen LogP contribution >= 0.6 is 11.5 Å². The lowest BCUT2D eigenvalue weighted by molar-refractivity contribution is 0.0112.